The van der Waals surface area contributed by atoms with Crippen LogP contribution in [-0.4, -0.2) is 32.7 Å². The molecule has 0 unspecified atom stereocenters. The lowest BCUT2D eigenvalue weighted by Crippen LogP contribution is -2.58. The Bertz CT molecular complexity index is 862. The minimum Gasteiger partial charge on any atom is -0.354 e. The van der Waals surface area contributed by atoms with Gasteiger partial charge in [-0.1, -0.05) is 23.7 Å². The second-order valence-electron chi connectivity index (χ2n) is 7.58. The standard InChI is InChI=1S/C20H21ClN2O3/c1-11-6-7-12(18-22-9-13(21)10-23-18)8-14(11)15-16(24)19(2,3)26-20(4,5)17(15)25/h6-10,15H,1-5H3. The van der Waals surface area contributed by atoms with Crippen LogP contribution in [0.1, 0.15) is 44.7 Å². The Morgan fingerprint density at radius 1 is 1.00 bits per heavy atom. The molecule has 3 rings (SSSR count). The highest BCUT2D eigenvalue weighted by atomic mass is 35.5. The molecule has 0 radical (unpaired) electrons. The average Bonchev–Trinajstić information content (AvgIpc) is 2.55. The van der Waals surface area contributed by atoms with Crippen molar-refractivity contribution in [3.8, 4) is 11.4 Å². The predicted molar refractivity (Wildman–Crippen MR) is 99.2 cm³/mol. The molecule has 0 N–H and O–H groups in total. The number of hydrogen-bond donors (Lipinski definition) is 0. The second kappa shape index (κ2) is 6.25. The molecule has 1 aromatic heterocycles. The van der Waals surface area contributed by atoms with Crippen LogP contribution in [0.2, 0.25) is 5.02 Å². The zero-order chi connectivity index (χ0) is 19.3. The third kappa shape index (κ3) is 3.17. The van der Waals surface area contributed by atoms with Crippen LogP contribution >= 0.6 is 11.6 Å². The largest absolute Gasteiger partial charge is 0.354 e. The molecular formula is C20H21ClN2O3. The van der Waals surface area contributed by atoms with Crippen molar-refractivity contribution in [2.75, 3.05) is 0 Å². The number of rotatable bonds is 2. The number of aryl methyl sites for hydroxylation is 1. The van der Waals surface area contributed by atoms with E-state index in [0.29, 0.717) is 16.4 Å². The fraction of sp³-hybridized carbons (Fsp3) is 0.400. The van der Waals surface area contributed by atoms with Gasteiger partial charge in [-0.05, 0) is 51.8 Å². The van der Waals surface area contributed by atoms with Gasteiger partial charge >= 0.3 is 0 Å². The Morgan fingerprint density at radius 3 is 2.08 bits per heavy atom. The Kier molecular flexibility index (Phi) is 4.49. The maximum Gasteiger partial charge on any atom is 0.179 e. The fourth-order valence-corrected chi connectivity index (χ4v) is 3.48. The Balaban J connectivity index is 2.13. The third-order valence-corrected chi connectivity index (χ3v) is 4.89. The van der Waals surface area contributed by atoms with Gasteiger partial charge in [0.05, 0.1) is 5.02 Å². The molecule has 1 aliphatic rings. The summed E-state index contributed by atoms with van der Waals surface area (Å²) in [4.78, 5) is 34.4. The third-order valence-electron chi connectivity index (χ3n) is 4.69. The molecule has 6 heteroatoms. The minimum absolute atomic E-state index is 0.237. The van der Waals surface area contributed by atoms with E-state index in [1.54, 1.807) is 27.7 Å². The summed E-state index contributed by atoms with van der Waals surface area (Å²) in [6.07, 6.45) is 3.03. The van der Waals surface area contributed by atoms with Crippen LogP contribution in [0.25, 0.3) is 11.4 Å². The van der Waals surface area contributed by atoms with Gasteiger partial charge in [0.2, 0.25) is 0 Å². The number of carbonyl (C=O) groups excluding carboxylic acids is 2. The van der Waals surface area contributed by atoms with E-state index >= 15 is 0 Å². The molecule has 2 heterocycles. The van der Waals surface area contributed by atoms with Gasteiger partial charge in [0.15, 0.2) is 17.4 Å². The van der Waals surface area contributed by atoms with E-state index in [9.17, 15) is 9.59 Å². The summed E-state index contributed by atoms with van der Waals surface area (Å²) in [7, 11) is 0. The van der Waals surface area contributed by atoms with E-state index < -0.39 is 17.1 Å². The first-order chi connectivity index (χ1) is 12.0. The first-order valence-corrected chi connectivity index (χ1v) is 8.78. The van der Waals surface area contributed by atoms with Crippen LogP contribution in [0, 0.1) is 6.92 Å². The summed E-state index contributed by atoms with van der Waals surface area (Å²) < 4.78 is 5.77. The van der Waals surface area contributed by atoms with Gasteiger partial charge < -0.3 is 4.74 Å². The molecule has 0 atom stereocenters. The highest BCUT2D eigenvalue weighted by Gasteiger charge is 2.53. The number of nitrogens with zero attached hydrogens (tertiary/aromatic N) is 2. The van der Waals surface area contributed by atoms with Crippen LogP contribution in [0.5, 0.6) is 0 Å². The lowest BCUT2D eigenvalue weighted by atomic mass is 9.74. The van der Waals surface area contributed by atoms with Crippen LogP contribution in [-0.2, 0) is 14.3 Å². The van der Waals surface area contributed by atoms with Gasteiger partial charge in [-0.3, -0.25) is 9.59 Å². The number of ketones is 2. The van der Waals surface area contributed by atoms with Crippen molar-refractivity contribution in [2.24, 2.45) is 0 Å². The number of benzene rings is 1. The maximum atomic E-state index is 13.0. The molecule has 2 aromatic rings. The minimum atomic E-state index is -1.04. The molecule has 0 amide bonds. The zero-order valence-electron chi connectivity index (χ0n) is 15.5. The predicted octanol–water partition coefficient (Wildman–Crippen LogP) is 3.91. The van der Waals surface area contributed by atoms with E-state index in [4.69, 9.17) is 16.3 Å². The van der Waals surface area contributed by atoms with Crippen molar-refractivity contribution in [1.82, 2.24) is 9.97 Å². The van der Waals surface area contributed by atoms with Crippen molar-refractivity contribution in [1.29, 1.82) is 0 Å². The summed E-state index contributed by atoms with van der Waals surface area (Å²) in [5, 5.41) is 0.444. The zero-order valence-corrected chi connectivity index (χ0v) is 16.2. The molecule has 0 aliphatic carbocycles. The van der Waals surface area contributed by atoms with E-state index in [2.05, 4.69) is 9.97 Å². The van der Waals surface area contributed by atoms with Gasteiger partial charge in [0.1, 0.15) is 17.1 Å². The molecule has 5 nitrogen and oxygen atoms in total. The molecule has 1 aromatic carbocycles. The number of Topliss-reactive ketones (excluding diaryl/α,β-unsaturated/α-hetero) is 2. The van der Waals surface area contributed by atoms with E-state index in [1.165, 1.54) is 12.4 Å². The number of aromatic nitrogens is 2. The number of carbonyl (C=O) groups is 2. The Labute approximate surface area is 157 Å². The van der Waals surface area contributed by atoms with Crippen molar-refractivity contribution in [3.05, 3.63) is 46.7 Å². The second-order valence-corrected chi connectivity index (χ2v) is 8.02. The lowest BCUT2D eigenvalue weighted by Gasteiger charge is -2.43. The average molecular weight is 373 g/mol. The lowest BCUT2D eigenvalue weighted by molar-refractivity contribution is -0.184. The first kappa shape index (κ1) is 18.7. The van der Waals surface area contributed by atoms with Crippen molar-refractivity contribution in [3.63, 3.8) is 0 Å². The SMILES string of the molecule is Cc1ccc(-c2ncc(Cl)cn2)cc1C1C(=O)C(C)(C)OC(C)(C)C1=O. The van der Waals surface area contributed by atoms with Gasteiger partial charge in [-0.2, -0.15) is 0 Å². The maximum absolute atomic E-state index is 13.0. The van der Waals surface area contributed by atoms with Gasteiger partial charge in [-0.25, -0.2) is 9.97 Å². The van der Waals surface area contributed by atoms with E-state index in [0.717, 1.165) is 11.1 Å². The highest BCUT2D eigenvalue weighted by Crippen LogP contribution is 2.40. The normalized spacial score (nSPS) is 19.6. The first-order valence-electron chi connectivity index (χ1n) is 8.40. The van der Waals surface area contributed by atoms with E-state index in [1.807, 2.05) is 25.1 Å². The highest BCUT2D eigenvalue weighted by molar-refractivity contribution is 6.30. The van der Waals surface area contributed by atoms with Gasteiger partial charge in [0.25, 0.3) is 0 Å². The summed E-state index contributed by atoms with van der Waals surface area (Å²) in [5.41, 5.74) is 0.177. The van der Waals surface area contributed by atoms with Gasteiger partial charge in [0, 0.05) is 18.0 Å². The molecule has 26 heavy (non-hydrogen) atoms. The number of ether oxygens (including phenoxy) is 1. The summed E-state index contributed by atoms with van der Waals surface area (Å²) in [6.45, 7) is 8.71. The van der Waals surface area contributed by atoms with Crippen molar-refractivity contribution < 1.29 is 14.3 Å². The van der Waals surface area contributed by atoms with Crippen LogP contribution in [0.4, 0.5) is 0 Å². The Hall–Kier alpha value is -2.11. The smallest absolute Gasteiger partial charge is 0.179 e. The molecule has 1 fully saturated rings. The Morgan fingerprint density at radius 2 is 1.54 bits per heavy atom. The summed E-state index contributed by atoms with van der Waals surface area (Å²) in [6, 6.07) is 5.56. The number of hydrogen-bond acceptors (Lipinski definition) is 5. The van der Waals surface area contributed by atoms with Crippen molar-refractivity contribution in [2.45, 2.75) is 51.7 Å². The quantitative estimate of drug-likeness (QED) is 0.747. The molecule has 136 valence electrons. The monoisotopic (exact) mass is 372 g/mol. The molecule has 0 saturated carbocycles. The molecule has 0 bridgehead atoms. The van der Waals surface area contributed by atoms with Crippen molar-refractivity contribution >= 4 is 23.2 Å². The van der Waals surface area contributed by atoms with Crippen LogP contribution in [0.15, 0.2) is 30.6 Å². The summed E-state index contributed by atoms with van der Waals surface area (Å²) >= 11 is 5.85. The molecule has 1 aliphatic heterocycles. The summed E-state index contributed by atoms with van der Waals surface area (Å²) in [5.74, 6) is -0.861. The van der Waals surface area contributed by atoms with Crippen LogP contribution < -0.4 is 0 Å². The van der Waals surface area contributed by atoms with Crippen LogP contribution in [0.3, 0.4) is 0 Å². The molecular weight excluding hydrogens is 352 g/mol. The van der Waals surface area contributed by atoms with Gasteiger partial charge in [-0.15, -0.1) is 0 Å². The van der Waals surface area contributed by atoms with E-state index in [-0.39, 0.29) is 11.6 Å². The fourth-order valence-electron chi connectivity index (χ4n) is 3.39. The topological polar surface area (TPSA) is 69.2 Å². The molecule has 0 spiro atoms. The number of halogens is 1. The molecule has 1 saturated heterocycles.